The topological polar surface area (TPSA) is 96.0 Å². The van der Waals surface area contributed by atoms with Crippen LogP contribution in [0.25, 0.3) is 0 Å². The summed E-state index contributed by atoms with van der Waals surface area (Å²) in [6.45, 7) is 4.21. The zero-order valence-corrected chi connectivity index (χ0v) is 26.4. The van der Waals surface area contributed by atoms with Crippen LogP contribution in [0.2, 0.25) is 10.0 Å². The predicted octanol–water partition coefficient (Wildman–Crippen LogP) is 6.06. The van der Waals surface area contributed by atoms with Crippen LogP contribution in [0.1, 0.15) is 44.2 Å². The van der Waals surface area contributed by atoms with Gasteiger partial charge in [0.25, 0.3) is 0 Å². The average Bonchev–Trinajstić information content (AvgIpc) is 2.97. The molecular weight excluding hydrogens is 597 g/mol. The maximum absolute atomic E-state index is 13.8. The lowest BCUT2D eigenvalue weighted by atomic mass is 10.1. The van der Waals surface area contributed by atoms with Crippen molar-refractivity contribution in [3.05, 3.63) is 94.0 Å². The Morgan fingerprint density at radius 1 is 0.929 bits per heavy atom. The largest absolute Gasteiger partial charge is 0.489 e. The first kappa shape index (κ1) is 33.2. The molecule has 8 nitrogen and oxygen atoms in total. The Labute approximate surface area is 258 Å². The van der Waals surface area contributed by atoms with Gasteiger partial charge < -0.3 is 15.0 Å². The normalized spacial score (nSPS) is 11.9. The molecule has 0 fully saturated rings. The third-order valence-corrected chi connectivity index (χ3v) is 8.48. The van der Waals surface area contributed by atoms with Crippen LogP contribution in [0.3, 0.4) is 0 Å². The van der Waals surface area contributed by atoms with Crippen LogP contribution in [-0.2, 0) is 32.8 Å². The van der Waals surface area contributed by atoms with E-state index in [9.17, 15) is 18.0 Å². The summed E-state index contributed by atoms with van der Waals surface area (Å²) in [4.78, 5) is 28.4. The van der Waals surface area contributed by atoms with E-state index in [-0.39, 0.29) is 12.5 Å². The van der Waals surface area contributed by atoms with Crippen LogP contribution in [0.4, 0.5) is 5.69 Å². The highest BCUT2D eigenvalue weighted by Crippen LogP contribution is 2.26. The molecular formula is C31H37Cl2N3O5S. The number of hydrogen-bond acceptors (Lipinski definition) is 5. The van der Waals surface area contributed by atoms with E-state index in [0.717, 1.165) is 29.0 Å². The minimum Gasteiger partial charge on any atom is -0.489 e. The molecule has 0 bridgehead atoms. The summed E-state index contributed by atoms with van der Waals surface area (Å²) in [5, 5.41) is 3.57. The van der Waals surface area contributed by atoms with E-state index < -0.39 is 28.5 Å². The van der Waals surface area contributed by atoms with Crippen molar-refractivity contribution in [1.82, 2.24) is 10.2 Å². The molecule has 11 heteroatoms. The Kier molecular flexibility index (Phi) is 12.5. The first-order valence-electron chi connectivity index (χ1n) is 13.8. The molecule has 0 aromatic heterocycles. The zero-order valence-electron chi connectivity index (χ0n) is 24.1. The van der Waals surface area contributed by atoms with Crippen molar-refractivity contribution >= 4 is 50.7 Å². The van der Waals surface area contributed by atoms with Gasteiger partial charge in [0, 0.05) is 13.1 Å². The number of benzene rings is 3. The first-order chi connectivity index (χ1) is 20.0. The quantitative estimate of drug-likeness (QED) is 0.205. The molecule has 3 aromatic carbocycles. The number of nitrogens with one attached hydrogen (secondary N) is 1. The van der Waals surface area contributed by atoms with Crippen LogP contribution in [0.5, 0.6) is 5.75 Å². The Balaban J connectivity index is 1.85. The van der Waals surface area contributed by atoms with E-state index in [1.165, 1.54) is 4.90 Å². The van der Waals surface area contributed by atoms with Crippen molar-refractivity contribution < 1.29 is 22.7 Å². The molecule has 0 unspecified atom stereocenters. The fourth-order valence-corrected chi connectivity index (χ4v) is 5.49. The molecule has 42 heavy (non-hydrogen) atoms. The number of anilines is 1. The minimum atomic E-state index is -3.86. The Hall–Kier alpha value is -3.27. The van der Waals surface area contributed by atoms with Gasteiger partial charge in [-0.05, 0) is 60.4 Å². The average molecular weight is 635 g/mol. The number of hydrogen-bond donors (Lipinski definition) is 1. The highest BCUT2D eigenvalue weighted by Gasteiger charge is 2.31. The number of unbranched alkanes of at least 4 members (excludes halogenated alkanes) is 1. The molecule has 0 spiro atoms. The van der Waals surface area contributed by atoms with Crippen molar-refractivity contribution in [2.75, 3.05) is 23.7 Å². The van der Waals surface area contributed by atoms with Crippen LogP contribution in [0.15, 0.2) is 72.8 Å². The van der Waals surface area contributed by atoms with Gasteiger partial charge in [-0.15, -0.1) is 0 Å². The molecule has 0 heterocycles. The third kappa shape index (κ3) is 9.64. The van der Waals surface area contributed by atoms with E-state index >= 15 is 0 Å². The summed E-state index contributed by atoms with van der Waals surface area (Å²) in [6, 6.07) is 20.3. The summed E-state index contributed by atoms with van der Waals surface area (Å²) in [5.41, 5.74) is 1.95. The second kappa shape index (κ2) is 15.8. The molecule has 3 rings (SSSR count). The molecule has 0 aliphatic carbocycles. The molecule has 0 saturated heterocycles. The summed E-state index contributed by atoms with van der Waals surface area (Å²) in [5.74, 6) is -0.281. The lowest BCUT2D eigenvalue weighted by Crippen LogP contribution is -2.52. The lowest BCUT2D eigenvalue weighted by molar-refractivity contribution is -0.140. The molecule has 3 aromatic rings. The van der Waals surface area contributed by atoms with Gasteiger partial charge in [-0.1, -0.05) is 79.9 Å². The standard InChI is InChI=1S/C31H37Cl2N3O5S/c1-4-6-18-34-31(38)29(5-2)35(20-24-12-17-27(32)28(33)19-24)30(37)21-36(42(3,39)40)25-13-15-26(16-14-25)41-22-23-10-8-7-9-11-23/h7-17,19,29H,4-6,18,20-22H2,1-3H3,(H,34,38)/t29-/m1/s1. The van der Waals surface area contributed by atoms with Crippen molar-refractivity contribution in [2.45, 2.75) is 52.3 Å². The van der Waals surface area contributed by atoms with Crippen LogP contribution in [-0.4, -0.2) is 50.5 Å². The monoisotopic (exact) mass is 633 g/mol. The van der Waals surface area contributed by atoms with Crippen LogP contribution < -0.4 is 14.4 Å². The Morgan fingerprint density at radius 3 is 2.21 bits per heavy atom. The van der Waals surface area contributed by atoms with Crippen molar-refractivity contribution in [2.24, 2.45) is 0 Å². The van der Waals surface area contributed by atoms with Gasteiger partial charge in [0.1, 0.15) is 24.9 Å². The molecule has 0 radical (unpaired) electrons. The maximum atomic E-state index is 13.8. The molecule has 1 N–H and O–H groups in total. The molecule has 2 amide bonds. The Morgan fingerprint density at radius 2 is 1.62 bits per heavy atom. The van der Waals surface area contributed by atoms with Gasteiger partial charge in [-0.3, -0.25) is 13.9 Å². The Bertz CT molecular complexity index is 1440. The fourth-order valence-electron chi connectivity index (χ4n) is 4.32. The summed E-state index contributed by atoms with van der Waals surface area (Å²) >= 11 is 12.3. The van der Waals surface area contributed by atoms with Gasteiger partial charge in [-0.25, -0.2) is 8.42 Å². The number of carbonyl (C=O) groups is 2. The van der Waals surface area contributed by atoms with Gasteiger partial charge in [0.2, 0.25) is 21.8 Å². The summed E-state index contributed by atoms with van der Waals surface area (Å²) < 4.78 is 32.6. The first-order valence-corrected chi connectivity index (χ1v) is 16.4. The van der Waals surface area contributed by atoms with Gasteiger partial charge in [0.05, 0.1) is 22.0 Å². The molecule has 0 aliphatic heterocycles. The van der Waals surface area contributed by atoms with E-state index in [4.69, 9.17) is 27.9 Å². The zero-order chi connectivity index (χ0) is 30.7. The number of rotatable bonds is 15. The van der Waals surface area contributed by atoms with E-state index in [0.29, 0.717) is 46.6 Å². The van der Waals surface area contributed by atoms with Crippen LogP contribution >= 0.6 is 23.2 Å². The maximum Gasteiger partial charge on any atom is 0.244 e. The number of amides is 2. The van der Waals surface area contributed by atoms with Crippen molar-refractivity contribution in [3.8, 4) is 5.75 Å². The highest BCUT2D eigenvalue weighted by atomic mass is 35.5. The second-order valence-electron chi connectivity index (χ2n) is 9.88. The SMILES string of the molecule is CCCCNC(=O)[C@@H](CC)N(Cc1ccc(Cl)c(Cl)c1)C(=O)CN(c1ccc(OCc2ccccc2)cc1)S(C)(=O)=O. The molecule has 226 valence electrons. The second-order valence-corrected chi connectivity index (χ2v) is 12.6. The van der Waals surface area contributed by atoms with Crippen molar-refractivity contribution in [1.29, 1.82) is 0 Å². The number of halogens is 2. The number of ether oxygens (including phenoxy) is 1. The fraction of sp³-hybridized carbons (Fsp3) is 0.355. The molecule has 1 atom stereocenters. The van der Waals surface area contributed by atoms with Gasteiger partial charge >= 0.3 is 0 Å². The summed E-state index contributed by atoms with van der Waals surface area (Å²) in [7, 11) is -3.86. The summed E-state index contributed by atoms with van der Waals surface area (Å²) in [6.07, 6.45) is 3.08. The van der Waals surface area contributed by atoms with Crippen LogP contribution in [0, 0.1) is 0 Å². The predicted molar refractivity (Wildman–Crippen MR) is 168 cm³/mol. The van der Waals surface area contributed by atoms with Gasteiger partial charge in [0.15, 0.2) is 0 Å². The van der Waals surface area contributed by atoms with E-state index in [1.807, 2.05) is 44.2 Å². The highest BCUT2D eigenvalue weighted by molar-refractivity contribution is 7.92. The van der Waals surface area contributed by atoms with E-state index in [1.54, 1.807) is 42.5 Å². The minimum absolute atomic E-state index is 0.0410. The molecule has 0 aliphatic rings. The smallest absolute Gasteiger partial charge is 0.244 e. The van der Waals surface area contributed by atoms with Gasteiger partial charge in [-0.2, -0.15) is 0 Å². The number of sulfonamides is 1. The lowest BCUT2D eigenvalue weighted by Gasteiger charge is -2.33. The molecule has 0 saturated carbocycles. The third-order valence-electron chi connectivity index (χ3n) is 6.60. The number of nitrogens with zero attached hydrogens (tertiary/aromatic N) is 2. The van der Waals surface area contributed by atoms with Crippen molar-refractivity contribution in [3.63, 3.8) is 0 Å². The van der Waals surface area contributed by atoms with E-state index in [2.05, 4.69) is 5.32 Å². The number of carbonyl (C=O) groups excluding carboxylic acids is 2.